The molecule has 1 saturated heterocycles. The number of aromatic carboxylic acids is 1. The van der Waals surface area contributed by atoms with E-state index in [0.29, 0.717) is 17.7 Å². The monoisotopic (exact) mass is 266 g/mol. The van der Waals surface area contributed by atoms with Crippen LogP contribution in [0.5, 0.6) is 0 Å². The van der Waals surface area contributed by atoms with Crippen LogP contribution in [0.4, 0.5) is 0 Å². The molecular weight excluding hydrogens is 244 g/mol. The highest BCUT2D eigenvalue weighted by atomic mass is 16.4. The Kier molecular flexibility index (Phi) is 4.27. The number of piperidine rings is 1. The van der Waals surface area contributed by atoms with Crippen molar-refractivity contribution in [2.45, 2.75) is 26.3 Å². The molecular formula is C14H22N2O3. The van der Waals surface area contributed by atoms with Crippen molar-refractivity contribution in [2.75, 3.05) is 26.7 Å². The second-order valence-electron chi connectivity index (χ2n) is 5.79. The third kappa shape index (κ3) is 3.81. The van der Waals surface area contributed by atoms with Crippen molar-refractivity contribution in [3.63, 3.8) is 0 Å². The van der Waals surface area contributed by atoms with Crippen LogP contribution in [-0.4, -0.2) is 42.7 Å². The van der Waals surface area contributed by atoms with Gasteiger partial charge < -0.3 is 19.7 Å². The number of nitrogens with zero attached hydrogens (tertiary/aromatic N) is 1. The molecule has 1 aliphatic heterocycles. The first-order valence-corrected chi connectivity index (χ1v) is 6.70. The van der Waals surface area contributed by atoms with Gasteiger partial charge in [0.2, 0.25) is 5.76 Å². The third-order valence-electron chi connectivity index (χ3n) is 3.92. The number of hydrogen-bond donors (Lipinski definition) is 2. The van der Waals surface area contributed by atoms with Crippen LogP contribution in [0.3, 0.4) is 0 Å². The van der Waals surface area contributed by atoms with Gasteiger partial charge in [-0.2, -0.15) is 0 Å². The van der Waals surface area contributed by atoms with Crippen molar-refractivity contribution in [3.8, 4) is 0 Å². The summed E-state index contributed by atoms with van der Waals surface area (Å²) in [6.07, 6.45) is 2.38. The molecule has 19 heavy (non-hydrogen) atoms. The molecule has 0 amide bonds. The van der Waals surface area contributed by atoms with Crippen LogP contribution < -0.4 is 5.32 Å². The maximum absolute atomic E-state index is 10.7. The first-order valence-electron chi connectivity index (χ1n) is 6.70. The fourth-order valence-corrected chi connectivity index (χ4v) is 2.41. The fourth-order valence-electron chi connectivity index (χ4n) is 2.41. The maximum atomic E-state index is 10.7. The average molecular weight is 266 g/mol. The van der Waals surface area contributed by atoms with Crippen LogP contribution >= 0.6 is 0 Å². The quantitative estimate of drug-likeness (QED) is 0.850. The first kappa shape index (κ1) is 14.1. The number of carbonyl (C=O) groups is 1. The van der Waals surface area contributed by atoms with Gasteiger partial charge in [0.15, 0.2) is 0 Å². The minimum Gasteiger partial charge on any atom is -0.475 e. The second kappa shape index (κ2) is 5.75. The van der Waals surface area contributed by atoms with Crippen LogP contribution in [0.1, 0.15) is 36.1 Å². The predicted molar refractivity (Wildman–Crippen MR) is 72.2 cm³/mol. The molecule has 1 aliphatic rings. The zero-order chi connectivity index (χ0) is 13.9. The number of hydrogen-bond acceptors (Lipinski definition) is 4. The molecule has 0 unspecified atom stereocenters. The molecule has 1 fully saturated rings. The van der Waals surface area contributed by atoms with E-state index in [4.69, 9.17) is 9.52 Å². The van der Waals surface area contributed by atoms with E-state index in [1.807, 2.05) is 0 Å². The van der Waals surface area contributed by atoms with Crippen LogP contribution in [0.15, 0.2) is 16.5 Å². The van der Waals surface area contributed by atoms with E-state index in [-0.39, 0.29) is 5.76 Å². The van der Waals surface area contributed by atoms with Crippen LogP contribution in [0, 0.1) is 5.41 Å². The highest BCUT2D eigenvalue weighted by molar-refractivity contribution is 5.84. The molecule has 0 bridgehead atoms. The maximum Gasteiger partial charge on any atom is 0.371 e. The lowest BCUT2D eigenvalue weighted by Crippen LogP contribution is -2.41. The molecule has 5 nitrogen and oxygen atoms in total. The van der Waals surface area contributed by atoms with Gasteiger partial charge in [0, 0.05) is 6.54 Å². The van der Waals surface area contributed by atoms with E-state index in [2.05, 4.69) is 24.2 Å². The topological polar surface area (TPSA) is 65.7 Å². The van der Waals surface area contributed by atoms with Gasteiger partial charge in [-0.25, -0.2) is 4.79 Å². The van der Waals surface area contributed by atoms with E-state index in [1.165, 1.54) is 18.9 Å². The Morgan fingerprint density at radius 2 is 2.16 bits per heavy atom. The molecule has 2 rings (SSSR count). The summed E-state index contributed by atoms with van der Waals surface area (Å²) in [6.45, 7) is 6.10. The van der Waals surface area contributed by atoms with Crippen LogP contribution in [0.25, 0.3) is 0 Å². The standard InChI is InChI=1S/C14H22N2O3/c1-14(5-7-16(2)8-6-14)10-15-9-11-3-4-12(19-11)13(17)18/h3-4,15H,5-10H2,1-2H3,(H,17,18). The fraction of sp³-hybridized carbons (Fsp3) is 0.643. The molecule has 5 heteroatoms. The van der Waals surface area contributed by atoms with Crippen molar-refractivity contribution in [1.29, 1.82) is 0 Å². The summed E-state index contributed by atoms with van der Waals surface area (Å²) in [5, 5.41) is 12.1. The second-order valence-corrected chi connectivity index (χ2v) is 5.79. The predicted octanol–water partition coefficient (Wildman–Crippen LogP) is 1.80. The first-order chi connectivity index (χ1) is 8.98. The van der Waals surface area contributed by atoms with Gasteiger partial charge in [-0.3, -0.25) is 0 Å². The Labute approximate surface area is 113 Å². The zero-order valence-corrected chi connectivity index (χ0v) is 11.6. The Hall–Kier alpha value is -1.33. The largest absolute Gasteiger partial charge is 0.475 e. The van der Waals surface area contributed by atoms with E-state index >= 15 is 0 Å². The molecule has 0 saturated carbocycles. The van der Waals surface area contributed by atoms with E-state index < -0.39 is 5.97 Å². The zero-order valence-electron chi connectivity index (χ0n) is 11.6. The lowest BCUT2D eigenvalue weighted by Gasteiger charge is -2.38. The molecule has 0 spiro atoms. The summed E-state index contributed by atoms with van der Waals surface area (Å²) in [5.74, 6) is -0.343. The van der Waals surface area contributed by atoms with Gasteiger partial charge >= 0.3 is 5.97 Å². The minimum absolute atomic E-state index is 0.00213. The Balaban J connectivity index is 1.78. The Morgan fingerprint density at radius 3 is 2.74 bits per heavy atom. The summed E-state index contributed by atoms with van der Waals surface area (Å²) in [6, 6.07) is 3.21. The lowest BCUT2D eigenvalue weighted by molar-refractivity contribution is 0.0660. The number of carboxylic acid groups (broad SMARTS) is 1. The molecule has 1 aromatic heterocycles. The minimum atomic E-state index is -1.02. The van der Waals surface area contributed by atoms with Crippen LogP contribution in [-0.2, 0) is 6.54 Å². The number of rotatable bonds is 5. The summed E-state index contributed by atoms with van der Waals surface area (Å²) < 4.78 is 5.21. The molecule has 2 N–H and O–H groups in total. The normalized spacial score (nSPS) is 19.5. The summed E-state index contributed by atoms with van der Waals surface area (Å²) in [5.41, 5.74) is 0.328. The molecule has 0 aliphatic carbocycles. The van der Waals surface area contributed by atoms with Gasteiger partial charge in [0.1, 0.15) is 5.76 Å². The number of carboxylic acids is 1. The Bertz CT molecular complexity index is 434. The number of furan rings is 1. The van der Waals surface area contributed by atoms with E-state index in [0.717, 1.165) is 19.6 Å². The van der Waals surface area contributed by atoms with Gasteiger partial charge in [-0.15, -0.1) is 0 Å². The van der Waals surface area contributed by atoms with Crippen molar-refractivity contribution in [2.24, 2.45) is 5.41 Å². The van der Waals surface area contributed by atoms with Crippen molar-refractivity contribution >= 4 is 5.97 Å². The summed E-state index contributed by atoms with van der Waals surface area (Å²) >= 11 is 0. The van der Waals surface area contributed by atoms with Crippen LogP contribution in [0.2, 0.25) is 0 Å². The SMILES string of the molecule is CN1CCC(C)(CNCc2ccc(C(=O)O)o2)CC1. The molecule has 2 heterocycles. The molecule has 106 valence electrons. The van der Waals surface area contributed by atoms with Gasteiger partial charge in [-0.1, -0.05) is 6.92 Å². The molecule has 0 aromatic carbocycles. The third-order valence-corrected chi connectivity index (χ3v) is 3.92. The smallest absolute Gasteiger partial charge is 0.371 e. The van der Waals surface area contributed by atoms with Gasteiger partial charge in [-0.05, 0) is 50.5 Å². The number of nitrogens with one attached hydrogen (secondary N) is 1. The van der Waals surface area contributed by atoms with Crippen molar-refractivity contribution < 1.29 is 14.3 Å². The lowest BCUT2D eigenvalue weighted by atomic mass is 9.80. The van der Waals surface area contributed by atoms with E-state index in [9.17, 15) is 4.79 Å². The summed E-state index contributed by atoms with van der Waals surface area (Å²) in [7, 11) is 2.16. The van der Waals surface area contributed by atoms with E-state index in [1.54, 1.807) is 6.07 Å². The average Bonchev–Trinajstić information content (AvgIpc) is 2.82. The molecule has 0 radical (unpaired) electrons. The molecule has 1 aromatic rings. The van der Waals surface area contributed by atoms with Gasteiger partial charge in [0.05, 0.1) is 6.54 Å². The number of likely N-dealkylation sites (tertiary alicyclic amines) is 1. The Morgan fingerprint density at radius 1 is 1.47 bits per heavy atom. The highest BCUT2D eigenvalue weighted by Gasteiger charge is 2.28. The highest BCUT2D eigenvalue weighted by Crippen LogP contribution is 2.29. The van der Waals surface area contributed by atoms with Gasteiger partial charge in [0.25, 0.3) is 0 Å². The summed E-state index contributed by atoms with van der Waals surface area (Å²) in [4.78, 5) is 13.1. The molecule has 0 atom stereocenters. The van der Waals surface area contributed by atoms with Crippen molar-refractivity contribution in [3.05, 3.63) is 23.7 Å². The van der Waals surface area contributed by atoms with Crippen molar-refractivity contribution in [1.82, 2.24) is 10.2 Å².